The highest BCUT2D eigenvalue weighted by Crippen LogP contribution is 2.24. The Balaban J connectivity index is 1.79. The van der Waals surface area contributed by atoms with Crippen LogP contribution in [0.4, 0.5) is 0 Å². The number of amides is 1. The van der Waals surface area contributed by atoms with Crippen LogP contribution >= 0.6 is 0 Å². The molecule has 1 atom stereocenters. The van der Waals surface area contributed by atoms with E-state index >= 15 is 0 Å². The van der Waals surface area contributed by atoms with Crippen molar-refractivity contribution < 1.29 is 13.7 Å². The van der Waals surface area contributed by atoms with Crippen molar-refractivity contribution in [2.24, 2.45) is 0 Å². The molecule has 0 bridgehead atoms. The first-order valence-corrected chi connectivity index (χ1v) is 7.46. The fourth-order valence-corrected chi connectivity index (χ4v) is 2.75. The van der Waals surface area contributed by atoms with Gasteiger partial charge in [0.2, 0.25) is 5.89 Å². The number of furan rings is 1. The molecule has 7 nitrogen and oxygen atoms in total. The van der Waals surface area contributed by atoms with E-state index in [0.717, 1.165) is 12.3 Å². The van der Waals surface area contributed by atoms with Gasteiger partial charge in [-0.3, -0.25) is 9.69 Å². The Labute approximate surface area is 128 Å². The minimum atomic E-state index is -0.0733. The number of hydrogen-bond acceptors (Lipinski definition) is 6. The number of rotatable bonds is 3. The molecule has 118 valence electrons. The van der Waals surface area contributed by atoms with Crippen LogP contribution < -0.4 is 0 Å². The van der Waals surface area contributed by atoms with Crippen molar-refractivity contribution in [2.75, 3.05) is 26.7 Å². The lowest BCUT2D eigenvalue weighted by Gasteiger charge is -2.37. The average molecular weight is 304 g/mol. The fraction of sp³-hybridized carbons (Fsp3) is 0.533. The second-order valence-electron chi connectivity index (χ2n) is 5.54. The molecule has 0 unspecified atom stereocenters. The molecule has 2 aromatic rings. The van der Waals surface area contributed by atoms with Crippen LogP contribution in [0.25, 0.3) is 0 Å². The maximum Gasteiger partial charge on any atom is 0.257 e. The van der Waals surface area contributed by atoms with Gasteiger partial charge in [-0.15, -0.1) is 0 Å². The maximum atomic E-state index is 12.7. The normalized spacial score (nSPS) is 19.6. The molecule has 0 saturated carbocycles. The van der Waals surface area contributed by atoms with Crippen LogP contribution in [0.15, 0.2) is 21.3 Å². The van der Waals surface area contributed by atoms with E-state index in [1.165, 1.54) is 0 Å². The average Bonchev–Trinajstić information content (AvgIpc) is 3.15. The zero-order valence-electron chi connectivity index (χ0n) is 13.1. The minimum Gasteiger partial charge on any atom is -0.469 e. The lowest BCUT2D eigenvalue weighted by molar-refractivity contribution is 0.0487. The molecule has 1 aliphatic rings. The van der Waals surface area contributed by atoms with E-state index in [1.807, 2.05) is 18.9 Å². The topological polar surface area (TPSA) is 75.6 Å². The summed E-state index contributed by atoms with van der Waals surface area (Å²) in [6.45, 7) is 5.73. The molecule has 3 rings (SSSR count). The van der Waals surface area contributed by atoms with Crippen molar-refractivity contribution in [2.45, 2.75) is 26.3 Å². The number of likely N-dealkylation sites (N-methyl/N-ethyl adjacent to an activating group) is 1. The summed E-state index contributed by atoms with van der Waals surface area (Å²) in [6, 6.07) is 1.67. The monoisotopic (exact) mass is 304 g/mol. The van der Waals surface area contributed by atoms with Crippen molar-refractivity contribution in [3.8, 4) is 0 Å². The molecule has 1 amide bonds. The summed E-state index contributed by atoms with van der Waals surface area (Å²) in [4.78, 5) is 21.0. The standard InChI is InChI=1S/C15H20N4O3/c1-4-13-11(5-8-21-13)15(20)19-7-6-18(3)12(9-19)14-16-10(2)17-22-14/h5,8,12H,4,6-7,9H2,1-3H3/t12-/m1/s1. The van der Waals surface area contributed by atoms with Gasteiger partial charge in [-0.1, -0.05) is 12.1 Å². The van der Waals surface area contributed by atoms with Gasteiger partial charge >= 0.3 is 0 Å². The molecular formula is C15H20N4O3. The molecule has 0 spiro atoms. The largest absolute Gasteiger partial charge is 0.469 e. The van der Waals surface area contributed by atoms with E-state index in [0.29, 0.717) is 36.8 Å². The Morgan fingerprint density at radius 3 is 2.95 bits per heavy atom. The predicted molar refractivity (Wildman–Crippen MR) is 78.4 cm³/mol. The lowest BCUT2D eigenvalue weighted by atomic mass is 10.1. The zero-order chi connectivity index (χ0) is 15.7. The number of aryl methyl sites for hydroxylation is 2. The van der Waals surface area contributed by atoms with Crippen LogP contribution in [-0.2, 0) is 6.42 Å². The number of aromatic nitrogens is 2. The molecular weight excluding hydrogens is 284 g/mol. The van der Waals surface area contributed by atoms with Gasteiger partial charge in [0.15, 0.2) is 5.82 Å². The SMILES string of the molecule is CCc1occc1C(=O)N1CCN(C)[C@@H](c2nc(C)no2)C1. The summed E-state index contributed by atoms with van der Waals surface area (Å²) < 4.78 is 10.6. The molecule has 1 aliphatic heterocycles. The van der Waals surface area contributed by atoms with Crippen molar-refractivity contribution in [1.82, 2.24) is 19.9 Å². The van der Waals surface area contributed by atoms with Crippen molar-refractivity contribution in [3.05, 3.63) is 35.4 Å². The van der Waals surface area contributed by atoms with Crippen LogP contribution in [0.2, 0.25) is 0 Å². The van der Waals surface area contributed by atoms with Gasteiger partial charge in [-0.05, 0) is 20.0 Å². The van der Waals surface area contributed by atoms with Gasteiger partial charge in [0.25, 0.3) is 5.91 Å². The third-order valence-electron chi connectivity index (χ3n) is 4.06. The molecule has 3 heterocycles. The molecule has 7 heteroatoms. The molecule has 22 heavy (non-hydrogen) atoms. The smallest absolute Gasteiger partial charge is 0.257 e. The Hall–Kier alpha value is -2.15. The van der Waals surface area contributed by atoms with E-state index in [-0.39, 0.29) is 11.9 Å². The van der Waals surface area contributed by atoms with E-state index < -0.39 is 0 Å². The Morgan fingerprint density at radius 2 is 2.27 bits per heavy atom. The van der Waals surface area contributed by atoms with E-state index in [2.05, 4.69) is 15.0 Å². The van der Waals surface area contributed by atoms with Crippen LogP contribution in [0.5, 0.6) is 0 Å². The summed E-state index contributed by atoms with van der Waals surface area (Å²) >= 11 is 0. The maximum absolute atomic E-state index is 12.7. The summed E-state index contributed by atoms with van der Waals surface area (Å²) in [6.07, 6.45) is 2.27. The van der Waals surface area contributed by atoms with Crippen molar-refractivity contribution in [3.63, 3.8) is 0 Å². The van der Waals surface area contributed by atoms with Crippen LogP contribution in [-0.4, -0.2) is 52.5 Å². The van der Waals surface area contributed by atoms with Gasteiger partial charge in [-0.25, -0.2) is 0 Å². The highest BCUT2D eigenvalue weighted by atomic mass is 16.5. The Bertz CT molecular complexity index is 663. The predicted octanol–water partition coefficient (Wildman–Crippen LogP) is 1.66. The highest BCUT2D eigenvalue weighted by Gasteiger charge is 2.33. The second kappa shape index (κ2) is 5.92. The summed E-state index contributed by atoms with van der Waals surface area (Å²) in [5.74, 6) is 1.89. The molecule has 0 radical (unpaired) electrons. The Morgan fingerprint density at radius 1 is 1.45 bits per heavy atom. The number of carbonyl (C=O) groups excluding carboxylic acids is 1. The quantitative estimate of drug-likeness (QED) is 0.858. The third kappa shape index (κ3) is 2.64. The first kappa shape index (κ1) is 14.8. The summed E-state index contributed by atoms with van der Waals surface area (Å²) in [5.41, 5.74) is 0.646. The number of hydrogen-bond donors (Lipinski definition) is 0. The summed E-state index contributed by atoms with van der Waals surface area (Å²) in [5, 5.41) is 3.84. The first-order valence-electron chi connectivity index (χ1n) is 7.46. The lowest BCUT2D eigenvalue weighted by Crippen LogP contribution is -2.49. The molecule has 1 fully saturated rings. The van der Waals surface area contributed by atoms with E-state index in [9.17, 15) is 4.79 Å². The van der Waals surface area contributed by atoms with E-state index in [4.69, 9.17) is 8.94 Å². The van der Waals surface area contributed by atoms with E-state index in [1.54, 1.807) is 19.3 Å². The first-order chi connectivity index (χ1) is 10.6. The van der Waals surface area contributed by atoms with Crippen molar-refractivity contribution >= 4 is 5.91 Å². The molecule has 1 saturated heterocycles. The number of piperazine rings is 1. The van der Waals surface area contributed by atoms with Crippen LogP contribution in [0.3, 0.4) is 0 Å². The number of nitrogens with zero attached hydrogens (tertiary/aromatic N) is 4. The fourth-order valence-electron chi connectivity index (χ4n) is 2.75. The van der Waals surface area contributed by atoms with Crippen LogP contribution in [0.1, 0.15) is 40.8 Å². The molecule has 0 N–H and O–H groups in total. The minimum absolute atomic E-state index is 0.0000581. The van der Waals surface area contributed by atoms with Gasteiger partial charge in [-0.2, -0.15) is 4.98 Å². The van der Waals surface area contributed by atoms with Crippen molar-refractivity contribution in [1.29, 1.82) is 0 Å². The third-order valence-corrected chi connectivity index (χ3v) is 4.06. The number of carbonyl (C=O) groups is 1. The second-order valence-corrected chi connectivity index (χ2v) is 5.54. The van der Waals surface area contributed by atoms with Gasteiger partial charge < -0.3 is 13.8 Å². The summed E-state index contributed by atoms with van der Waals surface area (Å²) in [7, 11) is 2.00. The zero-order valence-corrected chi connectivity index (χ0v) is 13.1. The Kier molecular flexibility index (Phi) is 3.98. The highest BCUT2D eigenvalue weighted by molar-refractivity contribution is 5.95. The van der Waals surface area contributed by atoms with Gasteiger partial charge in [0.1, 0.15) is 11.8 Å². The molecule has 0 aliphatic carbocycles. The molecule has 0 aromatic carbocycles. The molecule has 2 aromatic heterocycles. The van der Waals surface area contributed by atoms with Crippen LogP contribution in [0, 0.1) is 6.92 Å². The van der Waals surface area contributed by atoms with Gasteiger partial charge in [0, 0.05) is 26.1 Å². The van der Waals surface area contributed by atoms with Gasteiger partial charge in [0.05, 0.1) is 11.8 Å².